The molecule has 0 saturated carbocycles. The first-order chi connectivity index (χ1) is 8.02. The summed E-state index contributed by atoms with van der Waals surface area (Å²) in [5.41, 5.74) is -3.48. The lowest BCUT2D eigenvalue weighted by Crippen LogP contribution is -2.25. The smallest absolute Gasteiger partial charge is 0.364 e. The molecule has 0 spiro atoms. The van der Waals surface area contributed by atoms with E-state index in [9.17, 15) is 24.8 Å². The van der Waals surface area contributed by atoms with Gasteiger partial charge in [0.05, 0.1) is 10.4 Å². The molecule has 0 saturated heterocycles. The highest BCUT2D eigenvalue weighted by atomic mass is 16.6. The third kappa shape index (κ3) is 1.63. The lowest BCUT2D eigenvalue weighted by Gasteiger charge is -1.93. The number of H-pyrrole nitrogens is 1. The molecule has 0 unspecified atom stereocenters. The molecule has 1 heterocycles. The zero-order chi connectivity index (χ0) is 12.6. The van der Waals surface area contributed by atoms with Crippen LogP contribution in [0.5, 0.6) is 5.75 Å². The third-order valence-corrected chi connectivity index (χ3v) is 2.26. The molecule has 1 aromatic heterocycles. The van der Waals surface area contributed by atoms with Gasteiger partial charge < -0.3 is 10.1 Å². The first-order valence-corrected chi connectivity index (χ1v) is 4.55. The fraction of sp³-hybridized carbons (Fsp3) is 0. The molecule has 2 rings (SSSR count). The number of fused-ring (bicyclic) bond motifs is 1. The first-order valence-electron chi connectivity index (χ1n) is 4.55. The van der Waals surface area contributed by atoms with Crippen molar-refractivity contribution < 1.29 is 10.0 Å². The minimum Gasteiger partial charge on any atom is -0.502 e. The molecule has 0 aliphatic carbocycles. The Morgan fingerprint density at radius 2 is 1.88 bits per heavy atom. The molecule has 7 heteroatoms. The van der Waals surface area contributed by atoms with Crippen LogP contribution in [0.3, 0.4) is 0 Å². The van der Waals surface area contributed by atoms with Crippen LogP contribution in [0.4, 0.5) is 5.69 Å². The number of para-hydroxylation sites is 1. The largest absolute Gasteiger partial charge is 0.502 e. The number of nitro groups is 1. The van der Waals surface area contributed by atoms with Crippen LogP contribution in [-0.2, 0) is 0 Å². The number of aromatic nitrogens is 1. The fourth-order valence-electron chi connectivity index (χ4n) is 1.49. The van der Waals surface area contributed by atoms with E-state index in [1.807, 2.05) is 0 Å². The molecule has 0 atom stereocenters. The standard InChI is InChI=1S/C10H6N2O5/c13-8-5-3-1-2-4-6(5)11-10(15)9(14)7(8)12(16)17/h1-4,13H,(H,11,14,15). The van der Waals surface area contributed by atoms with Gasteiger partial charge in [-0.05, 0) is 12.1 Å². The highest BCUT2D eigenvalue weighted by molar-refractivity contribution is 5.86. The normalized spacial score (nSPS) is 10.4. The molecule has 0 aliphatic rings. The number of hydrogen-bond acceptors (Lipinski definition) is 5. The average Bonchev–Trinajstić information content (AvgIpc) is 2.37. The Morgan fingerprint density at radius 3 is 2.53 bits per heavy atom. The van der Waals surface area contributed by atoms with Crippen LogP contribution in [0.25, 0.3) is 10.9 Å². The predicted molar refractivity (Wildman–Crippen MR) is 59.2 cm³/mol. The molecule has 2 aromatic rings. The summed E-state index contributed by atoms with van der Waals surface area (Å²) < 4.78 is 0. The van der Waals surface area contributed by atoms with Crippen molar-refractivity contribution in [2.45, 2.75) is 0 Å². The van der Waals surface area contributed by atoms with Gasteiger partial charge in [-0.15, -0.1) is 0 Å². The fourth-order valence-corrected chi connectivity index (χ4v) is 1.49. The van der Waals surface area contributed by atoms with Gasteiger partial charge in [-0.1, -0.05) is 12.1 Å². The van der Waals surface area contributed by atoms with Crippen molar-refractivity contribution in [2.24, 2.45) is 0 Å². The van der Waals surface area contributed by atoms with Gasteiger partial charge in [-0.25, -0.2) is 0 Å². The van der Waals surface area contributed by atoms with E-state index < -0.39 is 27.3 Å². The van der Waals surface area contributed by atoms with Gasteiger partial charge in [0, 0.05) is 5.39 Å². The van der Waals surface area contributed by atoms with Crippen molar-refractivity contribution in [3.05, 3.63) is 55.0 Å². The first kappa shape index (κ1) is 10.8. The highest BCUT2D eigenvalue weighted by Crippen LogP contribution is 2.27. The topological polar surface area (TPSA) is 113 Å². The number of aromatic amines is 1. The van der Waals surface area contributed by atoms with Crippen LogP contribution in [-0.4, -0.2) is 15.0 Å². The summed E-state index contributed by atoms with van der Waals surface area (Å²) in [6, 6.07) is 5.88. The molecule has 0 bridgehead atoms. The Hall–Kier alpha value is -2.70. The molecule has 0 radical (unpaired) electrons. The lowest BCUT2D eigenvalue weighted by atomic mass is 10.2. The van der Waals surface area contributed by atoms with E-state index in [0.29, 0.717) is 0 Å². The van der Waals surface area contributed by atoms with E-state index >= 15 is 0 Å². The van der Waals surface area contributed by atoms with E-state index in [2.05, 4.69) is 4.98 Å². The summed E-state index contributed by atoms with van der Waals surface area (Å²) in [6.45, 7) is 0. The number of rotatable bonds is 1. The lowest BCUT2D eigenvalue weighted by molar-refractivity contribution is -0.386. The zero-order valence-corrected chi connectivity index (χ0v) is 8.34. The van der Waals surface area contributed by atoms with Gasteiger partial charge in [0.2, 0.25) is 5.75 Å². The van der Waals surface area contributed by atoms with Crippen molar-refractivity contribution in [3.8, 4) is 5.75 Å². The molecule has 2 N–H and O–H groups in total. The number of nitrogens with one attached hydrogen (secondary N) is 1. The summed E-state index contributed by atoms with van der Waals surface area (Å²) >= 11 is 0. The summed E-state index contributed by atoms with van der Waals surface area (Å²) in [5, 5.41) is 20.4. The number of aromatic hydroxyl groups is 1. The van der Waals surface area contributed by atoms with Crippen LogP contribution in [0.15, 0.2) is 33.9 Å². The maximum atomic E-state index is 11.4. The van der Waals surface area contributed by atoms with Crippen molar-refractivity contribution in [3.63, 3.8) is 0 Å². The van der Waals surface area contributed by atoms with Gasteiger partial charge in [0.1, 0.15) is 0 Å². The summed E-state index contributed by atoms with van der Waals surface area (Å²) in [6.07, 6.45) is 0. The summed E-state index contributed by atoms with van der Waals surface area (Å²) in [5.74, 6) is -0.811. The Kier molecular flexibility index (Phi) is 2.36. The van der Waals surface area contributed by atoms with E-state index in [4.69, 9.17) is 0 Å². The molecular weight excluding hydrogens is 228 g/mol. The van der Waals surface area contributed by atoms with Gasteiger partial charge in [-0.2, -0.15) is 0 Å². The van der Waals surface area contributed by atoms with Crippen LogP contribution < -0.4 is 11.0 Å². The minimum absolute atomic E-state index is 0.0402. The monoisotopic (exact) mass is 234 g/mol. The Balaban J connectivity index is 3.18. The van der Waals surface area contributed by atoms with Crippen molar-refractivity contribution in [1.29, 1.82) is 0 Å². The second-order valence-electron chi connectivity index (χ2n) is 3.28. The maximum absolute atomic E-state index is 11.4. The van der Waals surface area contributed by atoms with Crippen molar-refractivity contribution >= 4 is 16.6 Å². The number of hydrogen-bond donors (Lipinski definition) is 2. The Morgan fingerprint density at radius 1 is 1.24 bits per heavy atom. The van der Waals surface area contributed by atoms with Crippen LogP contribution in [0, 0.1) is 10.1 Å². The maximum Gasteiger partial charge on any atom is 0.364 e. The molecule has 0 amide bonds. The Labute approximate surface area is 93.1 Å². The second kappa shape index (κ2) is 3.71. The van der Waals surface area contributed by atoms with E-state index in [1.54, 1.807) is 6.07 Å². The van der Waals surface area contributed by atoms with E-state index in [0.717, 1.165) is 0 Å². The highest BCUT2D eigenvalue weighted by Gasteiger charge is 2.22. The van der Waals surface area contributed by atoms with Gasteiger partial charge in [0.15, 0.2) is 0 Å². The molecule has 0 aliphatic heterocycles. The average molecular weight is 234 g/mol. The van der Waals surface area contributed by atoms with Gasteiger partial charge in [0.25, 0.3) is 0 Å². The second-order valence-corrected chi connectivity index (χ2v) is 3.28. The van der Waals surface area contributed by atoms with Crippen LogP contribution in [0.1, 0.15) is 0 Å². The van der Waals surface area contributed by atoms with E-state index in [1.165, 1.54) is 18.2 Å². The quantitative estimate of drug-likeness (QED) is 0.423. The van der Waals surface area contributed by atoms with Crippen LogP contribution in [0.2, 0.25) is 0 Å². The Bertz CT molecular complexity index is 735. The van der Waals surface area contributed by atoms with Crippen molar-refractivity contribution in [2.75, 3.05) is 0 Å². The number of benzene rings is 1. The van der Waals surface area contributed by atoms with Gasteiger partial charge in [-0.3, -0.25) is 19.7 Å². The van der Waals surface area contributed by atoms with Crippen LogP contribution >= 0.6 is 0 Å². The van der Waals surface area contributed by atoms with Gasteiger partial charge >= 0.3 is 16.7 Å². The summed E-state index contributed by atoms with van der Waals surface area (Å²) in [7, 11) is 0. The molecule has 0 fully saturated rings. The predicted octanol–water partition coefficient (Wildman–Crippen LogP) is 0.502. The zero-order valence-electron chi connectivity index (χ0n) is 8.34. The number of nitrogens with zero attached hydrogens (tertiary/aromatic N) is 1. The SMILES string of the molecule is O=c1[nH]c2ccccc2c(O)c([N+](=O)[O-])c1=O. The van der Waals surface area contributed by atoms with E-state index in [-0.39, 0.29) is 10.9 Å². The molecule has 7 nitrogen and oxygen atoms in total. The molecule has 1 aromatic carbocycles. The molecule has 86 valence electrons. The summed E-state index contributed by atoms with van der Waals surface area (Å²) in [4.78, 5) is 34.5. The molecule has 17 heavy (non-hydrogen) atoms. The van der Waals surface area contributed by atoms with Crippen molar-refractivity contribution in [1.82, 2.24) is 4.98 Å². The third-order valence-electron chi connectivity index (χ3n) is 2.26. The molecular formula is C10H6N2O5. The minimum atomic E-state index is -1.37.